The van der Waals surface area contributed by atoms with Crippen molar-refractivity contribution >= 4 is 11.6 Å². The predicted molar refractivity (Wildman–Crippen MR) is 64.0 cm³/mol. The van der Waals surface area contributed by atoms with E-state index in [4.69, 9.17) is 9.84 Å². The van der Waals surface area contributed by atoms with Crippen molar-refractivity contribution in [1.82, 2.24) is 5.32 Å². The van der Waals surface area contributed by atoms with E-state index in [1.807, 2.05) is 18.2 Å². The van der Waals surface area contributed by atoms with Crippen molar-refractivity contribution in [3.63, 3.8) is 0 Å². The zero-order chi connectivity index (χ0) is 12.1. The molecular weight excluding hydrogens is 220 g/mol. The van der Waals surface area contributed by atoms with Crippen LogP contribution in [-0.4, -0.2) is 30.8 Å². The SMILES string of the molecule is O=C1CCOc2ccc(CNCCO)cc2N1. The molecule has 3 N–H and O–H groups in total. The molecule has 0 aromatic heterocycles. The Labute approximate surface area is 99.8 Å². The molecule has 1 heterocycles. The summed E-state index contributed by atoms with van der Waals surface area (Å²) in [6.45, 7) is 1.75. The number of ether oxygens (including phenoxy) is 1. The molecule has 1 aliphatic heterocycles. The lowest BCUT2D eigenvalue weighted by molar-refractivity contribution is -0.116. The number of anilines is 1. The molecule has 2 rings (SSSR count). The number of hydrogen-bond donors (Lipinski definition) is 3. The van der Waals surface area contributed by atoms with Gasteiger partial charge in [-0.05, 0) is 17.7 Å². The zero-order valence-corrected chi connectivity index (χ0v) is 9.53. The molecule has 1 aromatic rings. The molecule has 1 amide bonds. The van der Waals surface area contributed by atoms with Gasteiger partial charge in [0.15, 0.2) is 0 Å². The third-order valence-electron chi connectivity index (χ3n) is 2.52. The van der Waals surface area contributed by atoms with E-state index in [1.54, 1.807) is 0 Å². The number of rotatable bonds is 4. The summed E-state index contributed by atoms with van der Waals surface area (Å²) >= 11 is 0. The van der Waals surface area contributed by atoms with Gasteiger partial charge in [-0.25, -0.2) is 0 Å². The summed E-state index contributed by atoms with van der Waals surface area (Å²) in [5, 5.41) is 14.6. The van der Waals surface area contributed by atoms with E-state index in [-0.39, 0.29) is 12.5 Å². The van der Waals surface area contributed by atoms with Crippen LogP contribution in [0.5, 0.6) is 5.75 Å². The topological polar surface area (TPSA) is 70.6 Å². The van der Waals surface area contributed by atoms with Crippen LogP contribution in [0.2, 0.25) is 0 Å². The van der Waals surface area contributed by atoms with E-state index in [0.717, 1.165) is 11.3 Å². The van der Waals surface area contributed by atoms with Gasteiger partial charge in [0.05, 0.1) is 25.3 Å². The zero-order valence-electron chi connectivity index (χ0n) is 9.53. The van der Waals surface area contributed by atoms with Gasteiger partial charge in [0.2, 0.25) is 5.91 Å². The fourth-order valence-corrected chi connectivity index (χ4v) is 1.69. The molecule has 0 saturated heterocycles. The average molecular weight is 236 g/mol. The number of amides is 1. The van der Waals surface area contributed by atoms with Crippen LogP contribution in [0.25, 0.3) is 0 Å². The number of hydrogen-bond acceptors (Lipinski definition) is 4. The molecule has 5 nitrogen and oxygen atoms in total. The Bertz CT molecular complexity index is 407. The molecule has 1 aliphatic rings. The Hall–Kier alpha value is -1.59. The van der Waals surface area contributed by atoms with Crippen molar-refractivity contribution in [2.75, 3.05) is 25.1 Å². The van der Waals surface area contributed by atoms with Crippen LogP contribution >= 0.6 is 0 Å². The fraction of sp³-hybridized carbons (Fsp3) is 0.417. The molecule has 0 radical (unpaired) electrons. The van der Waals surface area contributed by atoms with Crippen molar-refractivity contribution in [3.8, 4) is 5.75 Å². The van der Waals surface area contributed by atoms with Gasteiger partial charge in [-0.1, -0.05) is 6.07 Å². The summed E-state index contributed by atoms with van der Waals surface area (Å²) in [4.78, 5) is 11.4. The monoisotopic (exact) mass is 236 g/mol. The first-order valence-electron chi connectivity index (χ1n) is 5.67. The Balaban J connectivity index is 2.09. The molecule has 1 aromatic carbocycles. The van der Waals surface area contributed by atoms with E-state index in [0.29, 0.717) is 31.9 Å². The minimum atomic E-state index is -0.0239. The molecule has 92 valence electrons. The first-order chi connectivity index (χ1) is 8.29. The number of nitrogens with one attached hydrogen (secondary N) is 2. The number of aliphatic hydroxyl groups is 1. The van der Waals surface area contributed by atoms with Gasteiger partial charge >= 0.3 is 0 Å². The number of fused-ring (bicyclic) bond motifs is 1. The molecular formula is C12H16N2O3. The Morgan fingerprint density at radius 2 is 2.35 bits per heavy atom. The maximum Gasteiger partial charge on any atom is 0.227 e. The van der Waals surface area contributed by atoms with Crippen LogP contribution in [0.1, 0.15) is 12.0 Å². The summed E-state index contributed by atoms with van der Waals surface area (Å²) in [6, 6.07) is 5.69. The maximum absolute atomic E-state index is 11.4. The van der Waals surface area contributed by atoms with Crippen molar-refractivity contribution < 1.29 is 14.6 Å². The van der Waals surface area contributed by atoms with Gasteiger partial charge in [-0.3, -0.25) is 4.79 Å². The number of carbonyl (C=O) groups excluding carboxylic acids is 1. The van der Waals surface area contributed by atoms with Crippen LogP contribution in [0.4, 0.5) is 5.69 Å². The second-order valence-corrected chi connectivity index (χ2v) is 3.88. The van der Waals surface area contributed by atoms with Gasteiger partial charge < -0.3 is 20.5 Å². The van der Waals surface area contributed by atoms with Crippen molar-refractivity contribution in [3.05, 3.63) is 23.8 Å². The Morgan fingerprint density at radius 3 is 3.18 bits per heavy atom. The smallest absolute Gasteiger partial charge is 0.227 e. The summed E-state index contributed by atoms with van der Waals surface area (Å²) in [5.41, 5.74) is 1.76. The Morgan fingerprint density at radius 1 is 1.47 bits per heavy atom. The molecule has 17 heavy (non-hydrogen) atoms. The lowest BCUT2D eigenvalue weighted by Gasteiger charge is -2.09. The van der Waals surface area contributed by atoms with Gasteiger partial charge in [0.1, 0.15) is 5.75 Å². The fourth-order valence-electron chi connectivity index (χ4n) is 1.69. The van der Waals surface area contributed by atoms with E-state index in [2.05, 4.69) is 10.6 Å². The Kier molecular flexibility index (Phi) is 3.95. The lowest BCUT2D eigenvalue weighted by Crippen LogP contribution is -2.17. The van der Waals surface area contributed by atoms with E-state index < -0.39 is 0 Å². The van der Waals surface area contributed by atoms with Crippen LogP contribution in [0.3, 0.4) is 0 Å². The minimum Gasteiger partial charge on any atom is -0.491 e. The highest BCUT2D eigenvalue weighted by molar-refractivity contribution is 5.93. The summed E-state index contributed by atoms with van der Waals surface area (Å²) in [7, 11) is 0. The normalized spacial score (nSPS) is 14.5. The van der Waals surface area contributed by atoms with Crippen molar-refractivity contribution in [2.24, 2.45) is 0 Å². The van der Waals surface area contributed by atoms with E-state index in [9.17, 15) is 4.79 Å². The van der Waals surface area contributed by atoms with Gasteiger partial charge in [-0.15, -0.1) is 0 Å². The maximum atomic E-state index is 11.4. The van der Waals surface area contributed by atoms with E-state index >= 15 is 0 Å². The first kappa shape index (κ1) is 11.9. The number of aliphatic hydroxyl groups excluding tert-OH is 1. The summed E-state index contributed by atoms with van der Waals surface area (Å²) in [5.74, 6) is 0.686. The molecule has 0 bridgehead atoms. The van der Waals surface area contributed by atoms with Crippen molar-refractivity contribution in [2.45, 2.75) is 13.0 Å². The third kappa shape index (κ3) is 3.18. The quantitative estimate of drug-likeness (QED) is 0.665. The van der Waals surface area contributed by atoms with Crippen molar-refractivity contribution in [1.29, 1.82) is 0 Å². The van der Waals surface area contributed by atoms with Crippen LogP contribution in [0, 0.1) is 0 Å². The highest BCUT2D eigenvalue weighted by Gasteiger charge is 2.13. The third-order valence-corrected chi connectivity index (χ3v) is 2.52. The number of benzene rings is 1. The highest BCUT2D eigenvalue weighted by atomic mass is 16.5. The van der Waals surface area contributed by atoms with Gasteiger partial charge in [0, 0.05) is 13.1 Å². The summed E-state index contributed by atoms with van der Waals surface area (Å²) < 4.78 is 5.46. The second-order valence-electron chi connectivity index (χ2n) is 3.88. The molecule has 5 heteroatoms. The largest absolute Gasteiger partial charge is 0.491 e. The predicted octanol–water partition coefficient (Wildman–Crippen LogP) is 0.489. The van der Waals surface area contributed by atoms with Crippen LogP contribution in [0.15, 0.2) is 18.2 Å². The highest BCUT2D eigenvalue weighted by Crippen LogP contribution is 2.27. The second kappa shape index (κ2) is 5.65. The summed E-state index contributed by atoms with van der Waals surface area (Å²) in [6.07, 6.45) is 0.382. The molecule has 0 spiro atoms. The lowest BCUT2D eigenvalue weighted by atomic mass is 10.2. The molecule has 0 unspecified atom stereocenters. The van der Waals surface area contributed by atoms with Crippen LogP contribution in [-0.2, 0) is 11.3 Å². The molecule has 0 aliphatic carbocycles. The minimum absolute atomic E-state index is 0.0239. The first-order valence-corrected chi connectivity index (χ1v) is 5.67. The average Bonchev–Trinajstić information content (AvgIpc) is 2.49. The molecule has 0 saturated carbocycles. The standard InChI is InChI=1S/C12H16N2O3/c15-5-4-13-8-9-1-2-11-10(7-9)14-12(16)3-6-17-11/h1-2,7,13,15H,3-6,8H2,(H,14,16). The van der Waals surface area contributed by atoms with E-state index in [1.165, 1.54) is 0 Å². The number of carbonyl (C=O) groups is 1. The van der Waals surface area contributed by atoms with Gasteiger partial charge in [0.25, 0.3) is 0 Å². The molecule has 0 fully saturated rings. The van der Waals surface area contributed by atoms with Gasteiger partial charge in [-0.2, -0.15) is 0 Å². The molecule has 0 atom stereocenters. The van der Waals surface area contributed by atoms with Crippen LogP contribution < -0.4 is 15.4 Å².